The van der Waals surface area contributed by atoms with Crippen LogP contribution in [0.5, 0.6) is 0 Å². The topological polar surface area (TPSA) is 15.3 Å². The Morgan fingerprint density at radius 2 is 2.09 bits per heavy atom. The molecular formula is C19H26F2N2. The number of hydrogen-bond acceptors (Lipinski definition) is 2. The van der Waals surface area contributed by atoms with Gasteiger partial charge in [-0.25, -0.2) is 8.78 Å². The third-order valence-corrected chi connectivity index (χ3v) is 5.11. The van der Waals surface area contributed by atoms with E-state index < -0.39 is 11.6 Å². The molecule has 23 heavy (non-hydrogen) atoms. The van der Waals surface area contributed by atoms with Crippen LogP contribution >= 0.6 is 0 Å². The Hall–Kier alpha value is -1.26. The first-order valence-corrected chi connectivity index (χ1v) is 8.72. The Morgan fingerprint density at radius 1 is 1.26 bits per heavy atom. The molecule has 0 radical (unpaired) electrons. The van der Waals surface area contributed by atoms with Crippen molar-refractivity contribution in [2.45, 2.75) is 51.1 Å². The van der Waals surface area contributed by atoms with Gasteiger partial charge in [0.2, 0.25) is 0 Å². The highest BCUT2D eigenvalue weighted by molar-refractivity contribution is 5.53. The van der Waals surface area contributed by atoms with E-state index in [0.717, 1.165) is 30.8 Å². The van der Waals surface area contributed by atoms with Crippen molar-refractivity contribution in [3.63, 3.8) is 0 Å². The Kier molecular flexibility index (Phi) is 5.44. The van der Waals surface area contributed by atoms with E-state index >= 15 is 0 Å². The number of nitrogens with one attached hydrogen (secondary N) is 1. The fourth-order valence-corrected chi connectivity index (χ4v) is 3.65. The fraction of sp³-hybridized carbons (Fsp3) is 0.579. The first kappa shape index (κ1) is 16.6. The summed E-state index contributed by atoms with van der Waals surface area (Å²) in [7, 11) is 0. The monoisotopic (exact) mass is 320 g/mol. The maximum atomic E-state index is 13.7. The van der Waals surface area contributed by atoms with E-state index in [1.54, 1.807) is 6.08 Å². The predicted molar refractivity (Wildman–Crippen MR) is 90.2 cm³/mol. The van der Waals surface area contributed by atoms with Crippen LogP contribution in [0.25, 0.3) is 6.08 Å². The van der Waals surface area contributed by atoms with Gasteiger partial charge in [-0.3, -0.25) is 4.90 Å². The van der Waals surface area contributed by atoms with Gasteiger partial charge in [-0.2, -0.15) is 0 Å². The lowest BCUT2D eigenvalue weighted by molar-refractivity contribution is 0.113. The first-order chi connectivity index (χ1) is 11.1. The van der Waals surface area contributed by atoms with Crippen molar-refractivity contribution >= 4 is 6.08 Å². The second kappa shape index (κ2) is 7.54. The second-order valence-electron chi connectivity index (χ2n) is 6.91. The van der Waals surface area contributed by atoms with Crippen molar-refractivity contribution in [1.29, 1.82) is 0 Å². The lowest BCUT2D eigenvalue weighted by Gasteiger charge is -2.38. The SMILES string of the molecule is CC(=Cc1ccc(F)cc1F)CNC[C@@H]1CCCN1C1CCC1. The van der Waals surface area contributed by atoms with E-state index in [-0.39, 0.29) is 0 Å². The molecule has 3 rings (SSSR count). The third-order valence-electron chi connectivity index (χ3n) is 5.11. The van der Waals surface area contributed by atoms with Crippen molar-refractivity contribution < 1.29 is 8.78 Å². The molecule has 2 aliphatic rings. The molecule has 0 aromatic heterocycles. The zero-order valence-corrected chi connectivity index (χ0v) is 13.8. The van der Waals surface area contributed by atoms with Crippen LogP contribution in [0.4, 0.5) is 8.78 Å². The Labute approximate surface area is 137 Å². The highest BCUT2D eigenvalue weighted by atomic mass is 19.1. The summed E-state index contributed by atoms with van der Waals surface area (Å²) in [6.07, 6.45) is 8.47. The van der Waals surface area contributed by atoms with Gasteiger partial charge >= 0.3 is 0 Å². The highest BCUT2D eigenvalue weighted by Crippen LogP contribution is 2.31. The van der Waals surface area contributed by atoms with Crippen LogP contribution in [0.15, 0.2) is 23.8 Å². The molecular weight excluding hydrogens is 294 g/mol. The molecule has 1 aliphatic heterocycles. The summed E-state index contributed by atoms with van der Waals surface area (Å²) < 4.78 is 26.6. The smallest absolute Gasteiger partial charge is 0.133 e. The summed E-state index contributed by atoms with van der Waals surface area (Å²) >= 11 is 0. The lowest BCUT2D eigenvalue weighted by Crippen LogP contribution is -2.47. The third kappa shape index (κ3) is 4.18. The van der Waals surface area contributed by atoms with Gasteiger partial charge in [0.1, 0.15) is 11.6 Å². The van der Waals surface area contributed by atoms with Crippen molar-refractivity contribution in [2.75, 3.05) is 19.6 Å². The zero-order valence-electron chi connectivity index (χ0n) is 13.8. The van der Waals surface area contributed by atoms with Gasteiger partial charge in [-0.05, 0) is 51.3 Å². The summed E-state index contributed by atoms with van der Waals surface area (Å²) in [5, 5.41) is 3.50. The molecule has 1 aromatic carbocycles. The molecule has 0 amide bonds. The Morgan fingerprint density at radius 3 is 2.78 bits per heavy atom. The van der Waals surface area contributed by atoms with Gasteiger partial charge < -0.3 is 5.32 Å². The molecule has 0 spiro atoms. The van der Waals surface area contributed by atoms with Gasteiger partial charge in [0, 0.05) is 36.8 Å². The predicted octanol–water partition coefficient (Wildman–Crippen LogP) is 3.97. The van der Waals surface area contributed by atoms with Crippen LogP contribution < -0.4 is 5.32 Å². The number of hydrogen-bond donors (Lipinski definition) is 1. The van der Waals surface area contributed by atoms with E-state index in [2.05, 4.69) is 10.2 Å². The Bertz CT molecular complexity index is 566. The molecule has 1 N–H and O–H groups in total. The maximum Gasteiger partial charge on any atom is 0.133 e. The van der Waals surface area contributed by atoms with Crippen molar-refractivity contribution in [3.05, 3.63) is 41.0 Å². The average Bonchev–Trinajstić information content (AvgIpc) is 2.88. The molecule has 2 fully saturated rings. The van der Waals surface area contributed by atoms with E-state index in [1.165, 1.54) is 50.8 Å². The molecule has 1 aromatic rings. The quantitative estimate of drug-likeness (QED) is 0.853. The minimum Gasteiger partial charge on any atom is -0.311 e. The number of likely N-dealkylation sites (tertiary alicyclic amines) is 1. The average molecular weight is 320 g/mol. The lowest BCUT2D eigenvalue weighted by atomic mass is 9.91. The van der Waals surface area contributed by atoms with Crippen LogP contribution in [-0.2, 0) is 0 Å². The summed E-state index contributed by atoms with van der Waals surface area (Å²) in [5.74, 6) is -1.04. The standard InChI is InChI=1S/C19H26F2N2/c1-14(10-15-7-8-16(20)11-19(15)21)12-22-13-18-6-3-9-23(18)17-4-2-5-17/h7-8,10-11,17-18,22H,2-6,9,12-13H2,1H3/t18-/m0/s1. The molecule has 4 heteroatoms. The fourth-order valence-electron chi connectivity index (χ4n) is 3.65. The molecule has 0 bridgehead atoms. The van der Waals surface area contributed by atoms with E-state index in [9.17, 15) is 8.78 Å². The van der Waals surface area contributed by atoms with Crippen LogP contribution in [0.2, 0.25) is 0 Å². The minimum atomic E-state index is -0.534. The number of halogens is 2. The zero-order chi connectivity index (χ0) is 16.2. The summed E-state index contributed by atoms with van der Waals surface area (Å²) in [6, 6.07) is 5.18. The second-order valence-corrected chi connectivity index (χ2v) is 6.91. The minimum absolute atomic E-state index is 0.447. The van der Waals surface area contributed by atoms with Crippen LogP contribution in [0.3, 0.4) is 0 Å². The molecule has 2 nitrogen and oxygen atoms in total. The number of nitrogens with zero attached hydrogens (tertiary/aromatic N) is 1. The molecule has 1 heterocycles. The van der Waals surface area contributed by atoms with Crippen molar-refractivity contribution in [2.24, 2.45) is 0 Å². The summed E-state index contributed by atoms with van der Waals surface area (Å²) in [6.45, 7) is 4.96. The molecule has 1 aliphatic carbocycles. The van der Waals surface area contributed by atoms with E-state index in [4.69, 9.17) is 0 Å². The van der Waals surface area contributed by atoms with Crippen LogP contribution in [-0.4, -0.2) is 36.6 Å². The van der Waals surface area contributed by atoms with Gasteiger partial charge in [0.15, 0.2) is 0 Å². The van der Waals surface area contributed by atoms with Crippen molar-refractivity contribution in [3.8, 4) is 0 Å². The Balaban J connectivity index is 1.48. The largest absolute Gasteiger partial charge is 0.311 e. The number of rotatable bonds is 6. The molecule has 1 saturated carbocycles. The van der Waals surface area contributed by atoms with Crippen molar-refractivity contribution in [1.82, 2.24) is 10.2 Å². The number of benzene rings is 1. The van der Waals surface area contributed by atoms with Gasteiger partial charge in [0.05, 0.1) is 0 Å². The first-order valence-electron chi connectivity index (χ1n) is 8.72. The van der Waals surface area contributed by atoms with Gasteiger partial charge in [-0.1, -0.05) is 18.1 Å². The van der Waals surface area contributed by atoms with Crippen LogP contribution in [0.1, 0.15) is 44.6 Å². The van der Waals surface area contributed by atoms with E-state index in [1.807, 2.05) is 6.92 Å². The molecule has 0 unspecified atom stereocenters. The van der Waals surface area contributed by atoms with Gasteiger partial charge in [-0.15, -0.1) is 0 Å². The normalized spacial score (nSPS) is 23.3. The van der Waals surface area contributed by atoms with Crippen LogP contribution in [0, 0.1) is 11.6 Å². The molecule has 126 valence electrons. The summed E-state index contributed by atoms with van der Waals surface area (Å²) in [4.78, 5) is 2.68. The maximum absolute atomic E-state index is 13.7. The van der Waals surface area contributed by atoms with Gasteiger partial charge in [0.25, 0.3) is 0 Å². The molecule has 1 atom stereocenters. The summed E-state index contributed by atoms with van der Waals surface area (Å²) in [5.41, 5.74) is 1.51. The van der Waals surface area contributed by atoms with E-state index in [0.29, 0.717) is 11.6 Å². The highest BCUT2D eigenvalue weighted by Gasteiger charge is 2.33. The molecule has 1 saturated heterocycles.